The predicted molar refractivity (Wildman–Crippen MR) is 78.4 cm³/mol. The maximum Gasteiger partial charge on any atom is 0.137 e. The molecule has 0 atom stereocenters. The van der Waals surface area contributed by atoms with E-state index >= 15 is 0 Å². The predicted octanol–water partition coefficient (Wildman–Crippen LogP) is 3.93. The van der Waals surface area contributed by atoms with Crippen LogP contribution in [0.3, 0.4) is 0 Å². The summed E-state index contributed by atoms with van der Waals surface area (Å²) in [5, 5.41) is 0. The first kappa shape index (κ1) is 13.0. The second kappa shape index (κ2) is 5.06. The van der Waals surface area contributed by atoms with E-state index in [0.717, 1.165) is 21.9 Å². The molecule has 2 aromatic rings. The lowest BCUT2D eigenvalue weighted by molar-refractivity contribution is 0.996. The summed E-state index contributed by atoms with van der Waals surface area (Å²) < 4.78 is 0.807. The summed E-state index contributed by atoms with van der Waals surface area (Å²) in [5.74, 6) is 1.65. The fourth-order valence-corrected chi connectivity index (χ4v) is 2.43. The smallest absolute Gasteiger partial charge is 0.137 e. The molecule has 1 aromatic heterocycles. The number of benzene rings is 1. The van der Waals surface area contributed by atoms with Gasteiger partial charge in [-0.05, 0) is 60.0 Å². The summed E-state index contributed by atoms with van der Waals surface area (Å²) in [5.41, 5.74) is 3.64. The third-order valence-electron chi connectivity index (χ3n) is 2.73. The van der Waals surface area contributed by atoms with Gasteiger partial charge in [-0.3, -0.25) is 0 Å². The Kier molecular flexibility index (Phi) is 3.66. The first-order valence-corrected chi connectivity index (χ1v) is 6.58. The Labute approximate surface area is 116 Å². The molecular weight excluding hydrogens is 290 g/mol. The van der Waals surface area contributed by atoms with Crippen molar-refractivity contribution in [3.63, 3.8) is 0 Å². The highest BCUT2D eigenvalue weighted by atomic mass is 79.9. The highest BCUT2D eigenvalue weighted by molar-refractivity contribution is 9.10. The molecule has 0 saturated heterocycles. The molecule has 0 fully saturated rings. The Morgan fingerprint density at radius 1 is 0.944 bits per heavy atom. The SMILES string of the molecule is Cc1cc(C)cc(N(C)c2cc(Br)nc(C)n2)c1. The molecule has 1 aromatic carbocycles. The van der Waals surface area contributed by atoms with Crippen LogP contribution in [0.5, 0.6) is 0 Å². The quantitative estimate of drug-likeness (QED) is 0.787. The molecule has 0 N–H and O–H groups in total. The molecule has 4 heteroatoms. The molecule has 1 heterocycles. The van der Waals surface area contributed by atoms with Gasteiger partial charge in [-0.1, -0.05) is 6.07 Å². The van der Waals surface area contributed by atoms with Gasteiger partial charge in [0.15, 0.2) is 0 Å². The molecule has 0 saturated carbocycles. The molecule has 18 heavy (non-hydrogen) atoms. The Balaban J connectivity index is 2.43. The van der Waals surface area contributed by atoms with Gasteiger partial charge >= 0.3 is 0 Å². The second-order valence-electron chi connectivity index (χ2n) is 4.50. The van der Waals surface area contributed by atoms with Crippen LogP contribution in [-0.4, -0.2) is 17.0 Å². The summed E-state index contributed by atoms with van der Waals surface area (Å²) in [4.78, 5) is 10.7. The summed E-state index contributed by atoms with van der Waals surface area (Å²) in [6.45, 7) is 6.10. The molecule has 0 radical (unpaired) electrons. The van der Waals surface area contributed by atoms with Crippen molar-refractivity contribution in [1.29, 1.82) is 0 Å². The van der Waals surface area contributed by atoms with Crippen LogP contribution in [0.15, 0.2) is 28.9 Å². The highest BCUT2D eigenvalue weighted by Gasteiger charge is 2.08. The molecule has 0 unspecified atom stereocenters. The third kappa shape index (κ3) is 2.88. The van der Waals surface area contributed by atoms with Crippen LogP contribution in [0.25, 0.3) is 0 Å². The van der Waals surface area contributed by atoms with E-state index in [1.54, 1.807) is 0 Å². The maximum absolute atomic E-state index is 4.45. The lowest BCUT2D eigenvalue weighted by atomic mass is 10.1. The number of aryl methyl sites for hydroxylation is 3. The number of halogens is 1. The third-order valence-corrected chi connectivity index (χ3v) is 3.14. The lowest BCUT2D eigenvalue weighted by Gasteiger charge is -2.20. The van der Waals surface area contributed by atoms with Crippen LogP contribution in [0.4, 0.5) is 11.5 Å². The zero-order chi connectivity index (χ0) is 13.3. The molecular formula is C14H16BrN3. The van der Waals surface area contributed by atoms with Crippen molar-refractivity contribution in [2.75, 3.05) is 11.9 Å². The molecule has 0 aliphatic rings. The van der Waals surface area contributed by atoms with Crippen LogP contribution in [0.1, 0.15) is 17.0 Å². The number of rotatable bonds is 2. The lowest BCUT2D eigenvalue weighted by Crippen LogP contribution is -2.12. The van der Waals surface area contributed by atoms with Crippen LogP contribution in [0, 0.1) is 20.8 Å². The monoisotopic (exact) mass is 305 g/mol. The van der Waals surface area contributed by atoms with Gasteiger partial charge in [0.25, 0.3) is 0 Å². The number of anilines is 2. The molecule has 0 aliphatic heterocycles. The minimum atomic E-state index is 0.760. The van der Waals surface area contributed by atoms with E-state index < -0.39 is 0 Å². The Morgan fingerprint density at radius 2 is 1.56 bits per heavy atom. The van der Waals surface area contributed by atoms with Gasteiger partial charge in [-0.2, -0.15) is 0 Å². The van der Waals surface area contributed by atoms with Gasteiger partial charge in [0.1, 0.15) is 16.2 Å². The van der Waals surface area contributed by atoms with Crippen LogP contribution >= 0.6 is 15.9 Å². The average molecular weight is 306 g/mol. The van der Waals surface area contributed by atoms with Gasteiger partial charge < -0.3 is 4.90 Å². The number of aromatic nitrogens is 2. The van der Waals surface area contributed by atoms with Crippen molar-refractivity contribution in [3.8, 4) is 0 Å². The van der Waals surface area contributed by atoms with Crippen molar-refractivity contribution >= 4 is 27.4 Å². The summed E-state index contributed by atoms with van der Waals surface area (Å²) in [6, 6.07) is 8.39. The Morgan fingerprint density at radius 3 is 2.11 bits per heavy atom. The van der Waals surface area contributed by atoms with E-state index in [9.17, 15) is 0 Å². The highest BCUT2D eigenvalue weighted by Crippen LogP contribution is 2.25. The van der Waals surface area contributed by atoms with Crippen molar-refractivity contribution in [1.82, 2.24) is 9.97 Å². The van der Waals surface area contributed by atoms with Gasteiger partial charge in [0, 0.05) is 18.8 Å². The zero-order valence-corrected chi connectivity index (χ0v) is 12.6. The first-order chi connectivity index (χ1) is 8.45. The fraction of sp³-hybridized carbons (Fsp3) is 0.286. The normalized spacial score (nSPS) is 10.5. The Bertz CT molecular complexity index is 489. The molecule has 0 spiro atoms. The van der Waals surface area contributed by atoms with Crippen LogP contribution < -0.4 is 4.90 Å². The van der Waals surface area contributed by atoms with E-state index in [2.05, 4.69) is 62.8 Å². The van der Waals surface area contributed by atoms with E-state index in [4.69, 9.17) is 0 Å². The maximum atomic E-state index is 4.45. The molecule has 0 aliphatic carbocycles. The van der Waals surface area contributed by atoms with Gasteiger partial charge in [0.05, 0.1) is 0 Å². The molecule has 3 nitrogen and oxygen atoms in total. The van der Waals surface area contributed by atoms with Gasteiger partial charge in [-0.15, -0.1) is 0 Å². The summed E-state index contributed by atoms with van der Waals surface area (Å²) in [7, 11) is 2.02. The Hall–Kier alpha value is -1.42. The minimum absolute atomic E-state index is 0.760. The van der Waals surface area contributed by atoms with E-state index in [1.165, 1.54) is 11.1 Å². The number of hydrogen-bond acceptors (Lipinski definition) is 3. The van der Waals surface area contributed by atoms with Gasteiger partial charge in [0.2, 0.25) is 0 Å². The average Bonchev–Trinajstić information content (AvgIpc) is 2.25. The molecule has 0 amide bonds. The van der Waals surface area contributed by atoms with Crippen molar-refractivity contribution < 1.29 is 0 Å². The van der Waals surface area contributed by atoms with Crippen LogP contribution in [0.2, 0.25) is 0 Å². The van der Waals surface area contributed by atoms with Crippen molar-refractivity contribution in [2.24, 2.45) is 0 Å². The van der Waals surface area contributed by atoms with Crippen LogP contribution in [-0.2, 0) is 0 Å². The minimum Gasteiger partial charge on any atom is -0.329 e. The van der Waals surface area contributed by atoms with E-state index in [1.807, 2.05) is 20.0 Å². The molecule has 2 rings (SSSR count). The summed E-state index contributed by atoms with van der Waals surface area (Å²) in [6.07, 6.45) is 0. The molecule has 0 bridgehead atoms. The largest absolute Gasteiger partial charge is 0.329 e. The fourth-order valence-electron chi connectivity index (χ4n) is 1.96. The van der Waals surface area contributed by atoms with Crippen molar-refractivity contribution in [3.05, 3.63) is 45.8 Å². The zero-order valence-electron chi connectivity index (χ0n) is 11.0. The number of hydrogen-bond donors (Lipinski definition) is 0. The second-order valence-corrected chi connectivity index (χ2v) is 5.31. The first-order valence-electron chi connectivity index (χ1n) is 5.79. The molecule has 94 valence electrons. The number of nitrogens with zero attached hydrogens (tertiary/aromatic N) is 3. The van der Waals surface area contributed by atoms with Crippen molar-refractivity contribution in [2.45, 2.75) is 20.8 Å². The topological polar surface area (TPSA) is 29.0 Å². The summed E-state index contributed by atoms with van der Waals surface area (Å²) >= 11 is 3.40. The van der Waals surface area contributed by atoms with Gasteiger partial charge in [-0.25, -0.2) is 9.97 Å². The van der Waals surface area contributed by atoms with E-state index in [0.29, 0.717) is 0 Å². The standard InChI is InChI=1S/C14H16BrN3/c1-9-5-10(2)7-12(6-9)18(4)14-8-13(15)16-11(3)17-14/h5-8H,1-4H3. The van der Waals surface area contributed by atoms with E-state index in [-0.39, 0.29) is 0 Å².